The number of hydrogen-bond acceptors (Lipinski definition) is 6. The maximum atomic E-state index is 12.8. The lowest BCUT2D eigenvalue weighted by Crippen LogP contribution is -2.48. The van der Waals surface area contributed by atoms with Crippen molar-refractivity contribution < 1.29 is 4.79 Å². The van der Waals surface area contributed by atoms with E-state index >= 15 is 0 Å². The van der Waals surface area contributed by atoms with E-state index in [-0.39, 0.29) is 5.91 Å². The Bertz CT molecular complexity index is 858. The summed E-state index contributed by atoms with van der Waals surface area (Å²) < 4.78 is 1.54. The van der Waals surface area contributed by atoms with Gasteiger partial charge in [0.2, 0.25) is 0 Å². The molecule has 0 saturated carbocycles. The second kappa shape index (κ2) is 7.40. The minimum Gasteiger partial charge on any atom is -0.336 e. The van der Waals surface area contributed by atoms with Gasteiger partial charge >= 0.3 is 0 Å². The Morgan fingerprint density at radius 2 is 1.92 bits per heavy atom. The van der Waals surface area contributed by atoms with E-state index in [9.17, 15) is 4.79 Å². The van der Waals surface area contributed by atoms with Crippen molar-refractivity contribution in [3.63, 3.8) is 0 Å². The summed E-state index contributed by atoms with van der Waals surface area (Å²) in [6, 6.07) is 13.3. The maximum absolute atomic E-state index is 12.8. The first-order valence-electron chi connectivity index (χ1n) is 8.54. The molecule has 0 aliphatic carbocycles. The number of aromatic nitrogens is 5. The van der Waals surface area contributed by atoms with Crippen LogP contribution in [0.5, 0.6) is 0 Å². The molecule has 0 N–H and O–H groups in total. The molecule has 0 bridgehead atoms. The fourth-order valence-corrected chi connectivity index (χ4v) is 3.07. The topological polar surface area (TPSA) is 80.0 Å². The summed E-state index contributed by atoms with van der Waals surface area (Å²) in [6.07, 6.45) is 3.33. The van der Waals surface area contributed by atoms with Crippen molar-refractivity contribution in [1.82, 2.24) is 35.0 Å². The fourth-order valence-electron chi connectivity index (χ4n) is 3.07. The Morgan fingerprint density at radius 3 is 2.65 bits per heavy atom. The van der Waals surface area contributed by atoms with Crippen LogP contribution in [0.15, 0.2) is 55.0 Å². The summed E-state index contributed by atoms with van der Waals surface area (Å²) in [4.78, 5) is 21.4. The van der Waals surface area contributed by atoms with E-state index in [0.29, 0.717) is 18.7 Å². The third-order valence-corrected chi connectivity index (χ3v) is 4.48. The SMILES string of the molecule is O=C(c1cccc(-n2cnnn2)c1)N1CCN(Cc2ccccn2)CC1. The molecule has 8 nitrogen and oxygen atoms in total. The highest BCUT2D eigenvalue weighted by Gasteiger charge is 2.22. The number of carbonyl (C=O) groups is 1. The Balaban J connectivity index is 1.39. The molecular formula is C18H19N7O. The average molecular weight is 349 g/mol. The van der Waals surface area contributed by atoms with Crippen LogP contribution in [0.2, 0.25) is 0 Å². The molecule has 1 aromatic carbocycles. The zero-order valence-corrected chi connectivity index (χ0v) is 14.3. The first-order valence-corrected chi connectivity index (χ1v) is 8.54. The van der Waals surface area contributed by atoms with Gasteiger partial charge < -0.3 is 4.90 Å². The summed E-state index contributed by atoms with van der Waals surface area (Å²) >= 11 is 0. The van der Waals surface area contributed by atoms with Gasteiger partial charge in [0.1, 0.15) is 6.33 Å². The van der Waals surface area contributed by atoms with E-state index in [1.54, 1.807) is 4.68 Å². The molecule has 0 spiro atoms. The van der Waals surface area contributed by atoms with Crippen molar-refractivity contribution in [1.29, 1.82) is 0 Å². The lowest BCUT2D eigenvalue weighted by Gasteiger charge is -2.34. The second-order valence-corrected chi connectivity index (χ2v) is 6.19. The minimum atomic E-state index is 0.0393. The van der Waals surface area contributed by atoms with Crippen molar-refractivity contribution in [3.05, 3.63) is 66.2 Å². The molecule has 1 amide bonds. The molecule has 2 aromatic heterocycles. The zero-order valence-electron chi connectivity index (χ0n) is 14.3. The van der Waals surface area contributed by atoms with Crippen LogP contribution in [0.3, 0.4) is 0 Å². The van der Waals surface area contributed by atoms with Crippen LogP contribution in [-0.2, 0) is 6.54 Å². The van der Waals surface area contributed by atoms with Crippen LogP contribution in [0, 0.1) is 0 Å². The molecule has 1 saturated heterocycles. The smallest absolute Gasteiger partial charge is 0.254 e. The van der Waals surface area contributed by atoms with Crippen molar-refractivity contribution in [2.75, 3.05) is 26.2 Å². The number of benzene rings is 1. The van der Waals surface area contributed by atoms with Gasteiger partial charge in [-0.25, -0.2) is 4.68 Å². The normalized spacial score (nSPS) is 15.2. The first kappa shape index (κ1) is 16.3. The van der Waals surface area contributed by atoms with Crippen molar-refractivity contribution in [2.45, 2.75) is 6.54 Å². The quantitative estimate of drug-likeness (QED) is 0.699. The van der Waals surface area contributed by atoms with Gasteiger partial charge in [-0.3, -0.25) is 14.7 Å². The fraction of sp³-hybridized carbons (Fsp3) is 0.278. The molecule has 0 atom stereocenters. The highest BCUT2D eigenvalue weighted by Crippen LogP contribution is 2.14. The number of amides is 1. The maximum Gasteiger partial charge on any atom is 0.254 e. The third kappa shape index (κ3) is 3.60. The number of nitrogens with zero attached hydrogens (tertiary/aromatic N) is 7. The Labute approximate surface area is 151 Å². The van der Waals surface area contributed by atoms with Gasteiger partial charge in [0.25, 0.3) is 5.91 Å². The van der Waals surface area contributed by atoms with Crippen molar-refractivity contribution in [3.8, 4) is 5.69 Å². The van der Waals surface area contributed by atoms with Crippen LogP contribution >= 0.6 is 0 Å². The van der Waals surface area contributed by atoms with Crippen molar-refractivity contribution >= 4 is 5.91 Å². The molecule has 26 heavy (non-hydrogen) atoms. The molecular weight excluding hydrogens is 330 g/mol. The molecule has 4 rings (SSSR count). The predicted molar refractivity (Wildman–Crippen MR) is 94.6 cm³/mol. The number of pyridine rings is 1. The van der Waals surface area contributed by atoms with Gasteiger partial charge in [0.15, 0.2) is 0 Å². The molecule has 1 fully saturated rings. The van der Waals surface area contributed by atoms with Gasteiger partial charge in [-0.05, 0) is 40.8 Å². The highest BCUT2D eigenvalue weighted by atomic mass is 16.2. The molecule has 3 heterocycles. The van der Waals surface area contributed by atoms with E-state index in [1.807, 2.05) is 53.6 Å². The Hall–Kier alpha value is -3.13. The Kier molecular flexibility index (Phi) is 4.65. The number of rotatable bonds is 4. The van der Waals surface area contributed by atoms with Crippen molar-refractivity contribution in [2.24, 2.45) is 0 Å². The molecule has 8 heteroatoms. The first-order chi connectivity index (χ1) is 12.8. The predicted octanol–water partition coefficient (Wildman–Crippen LogP) is 1.02. The zero-order chi connectivity index (χ0) is 17.8. The summed E-state index contributed by atoms with van der Waals surface area (Å²) in [6.45, 7) is 3.92. The van der Waals surface area contributed by atoms with E-state index in [1.165, 1.54) is 6.33 Å². The number of piperazine rings is 1. The summed E-state index contributed by atoms with van der Waals surface area (Å²) in [5.74, 6) is 0.0393. The number of hydrogen-bond donors (Lipinski definition) is 0. The molecule has 132 valence electrons. The van der Waals surface area contributed by atoms with Crippen LogP contribution < -0.4 is 0 Å². The molecule has 3 aromatic rings. The molecule has 0 unspecified atom stereocenters. The molecule has 1 aliphatic rings. The minimum absolute atomic E-state index is 0.0393. The highest BCUT2D eigenvalue weighted by molar-refractivity contribution is 5.94. The lowest BCUT2D eigenvalue weighted by atomic mass is 10.1. The van der Waals surface area contributed by atoms with Gasteiger partial charge in [-0.1, -0.05) is 12.1 Å². The second-order valence-electron chi connectivity index (χ2n) is 6.19. The summed E-state index contributed by atoms with van der Waals surface area (Å²) in [5, 5.41) is 11.1. The van der Waals surface area contributed by atoms with Crippen LogP contribution in [0.4, 0.5) is 0 Å². The lowest BCUT2D eigenvalue weighted by molar-refractivity contribution is 0.0627. The molecule has 1 aliphatic heterocycles. The van der Waals surface area contributed by atoms with Crippen LogP contribution in [-0.4, -0.2) is 67.1 Å². The standard InChI is InChI=1S/C18H19N7O/c26-18(15-4-3-6-17(12-15)25-14-20-21-22-25)24-10-8-23(9-11-24)13-16-5-1-2-7-19-16/h1-7,12,14H,8-11,13H2. The summed E-state index contributed by atoms with van der Waals surface area (Å²) in [5.41, 5.74) is 2.48. The van der Waals surface area contributed by atoms with Crippen LogP contribution in [0.1, 0.15) is 16.1 Å². The summed E-state index contributed by atoms with van der Waals surface area (Å²) in [7, 11) is 0. The van der Waals surface area contributed by atoms with Gasteiger partial charge in [-0.2, -0.15) is 0 Å². The van der Waals surface area contributed by atoms with Gasteiger partial charge in [0.05, 0.1) is 11.4 Å². The Morgan fingerprint density at radius 1 is 1.04 bits per heavy atom. The average Bonchev–Trinajstić information content (AvgIpc) is 3.24. The van der Waals surface area contributed by atoms with E-state index in [4.69, 9.17) is 0 Å². The number of carbonyl (C=O) groups excluding carboxylic acids is 1. The van der Waals surface area contributed by atoms with E-state index in [2.05, 4.69) is 25.4 Å². The van der Waals surface area contributed by atoms with E-state index in [0.717, 1.165) is 31.0 Å². The number of tetrazole rings is 1. The molecule has 0 radical (unpaired) electrons. The third-order valence-electron chi connectivity index (χ3n) is 4.48. The van der Waals surface area contributed by atoms with E-state index < -0.39 is 0 Å². The van der Waals surface area contributed by atoms with Gasteiger partial charge in [-0.15, -0.1) is 5.10 Å². The van der Waals surface area contributed by atoms with Crippen LogP contribution in [0.25, 0.3) is 5.69 Å². The van der Waals surface area contributed by atoms with Gasteiger partial charge in [0, 0.05) is 44.5 Å². The monoisotopic (exact) mass is 349 g/mol. The largest absolute Gasteiger partial charge is 0.336 e.